The third-order valence-electron chi connectivity index (χ3n) is 3.36. The van der Waals surface area contributed by atoms with Crippen LogP contribution in [0.25, 0.3) is 0 Å². The van der Waals surface area contributed by atoms with Gasteiger partial charge in [-0.3, -0.25) is 4.81 Å². The lowest BCUT2D eigenvalue weighted by Crippen LogP contribution is -2.50. The normalized spacial score (nSPS) is 24.1. The molecule has 3 nitrogen and oxygen atoms in total. The van der Waals surface area contributed by atoms with E-state index in [4.69, 9.17) is 4.74 Å². The van der Waals surface area contributed by atoms with Gasteiger partial charge in [-0.05, 0) is 32.8 Å². The van der Waals surface area contributed by atoms with E-state index in [1.54, 1.807) is 0 Å². The van der Waals surface area contributed by atoms with Gasteiger partial charge in [0.2, 0.25) is 0 Å². The topological polar surface area (TPSA) is 32.7 Å². The highest BCUT2D eigenvalue weighted by atomic mass is 32.2. The van der Waals surface area contributed by atoms with Crippen LogP contribution in [0.15, 0.2) is 12.3 Å². The lowest BCUT2D eigenvalue weighted by atomic mass is 9.81. The summed E-state index contributed by atoms with van der Waals surface area (Å²) < 4.78 is 5.60. The summed E-state index contributed by atoms with van der Waals surface area (Å²) in [5.74, 6) is 1.01. The zero-order valence-corrected chi connectivity index (χ0v) is 15.0. The SMILES string of the molecule is CB(O)N1C(C=COCC[Si](C)(C)C)CSC1(C)C. The predicted molar refractivity (Wildman–Crippen MR) is 89.2 cm³/mol. The summed E-state index contributed by atoms with van der Waals surface area (Å²) in [5, 5.41) is 9.91. The first-order chi connectivity index (χ1) is 8.63. The number of hydrogen-bond acceptors (Lipinski definition) is 4. The van der Waals surface area contributed by atoms with E-state index < -0.39 is 15.1 Å². The van der Waals surface area contributed by atoms with Crippen molar-refractivity contribution in [1.29, 1.82) is 0 Å². The molecule has 1 N–H and O–H groups in total. The molecule has 1 fully saturated rings. The zero-order chi connectivity index (χ0) is 14.7. The van der Waals surface area contributed by atoms with Gasteiger partial charge in [0.1, 0.15) is 0 Å². The first kappa shape index (κ1) is 17.1. The zero-order valence-electron chi connectivity index (χ0n) is 13.1. The Morgan fingerprint density at radius 2 is 2.11 bits per heavy atom. The monoisotopic (exact) mass is 301 g/mol. The molecule has 0 spiro atoms. The molecule has 1 saturated heterocycles. The lowest BCUT2D eigenvalue weighted by molar-refractivity contribution is 0.252. The molecule has 1 unspecified atom stereocenters. The maximum atomic E-state index is 9.91. The molecule has 0 aromatic carbocycles. The van der Waals surface area contributed by atoms with E-state index in [0.29, 0.717) is 0 Å². The molecule has 1 aliphatic heterocycles. The van der Waals surface area contributed by atoms with Gasteiger partial charge in [0.25, 0.3) is 0 Å². The van der Waals surface area contributed by atoms with E-state index in [1.807, 2.05) is 24.8 Å². The Labute approximate surface area is 123 Å². The highest BCUT2D eigenvalue weighted by Crippen LogP contribution is 2.39. The third-order valence-corrected chi connectivity index (χ3v) is 6.49. The van der Waals surface area contributed by atoms with Crippen molar-refractivity contribution in [3.8, 4) is 0 Å². The molecule has 19 heavy (non-hydrogen) atoms. The van der Waals surface area contributed by atoms with Crippen LogP contribution in [0.3, 0.4) is 0 Å². The fourth-order valence-corrected chi connectivity index (χ4v) is 4.32. The Balaban J connectivity index is 2.44. The molecule has 0 aromatic heterocycles. The van der Waals surface area contributed by atoms with Crippen LogP contribution in [-0.4, -0.2) is 48.2 Å². The largest absolute Gasteiger partial charge is 0.502 e. The number of ether oxygens (including phenoxy) is 1. The van der Waals surface area contributed by atoms with E-state index in [-0.39, 0.29) is 10.9 Å². The van der Waals surface area contributed by atoms with Crippen molar-refractivity contribution >= 4 is 26.9 Å². The molecular formula is C13H28BNO2SSi. The van der Waals surface area contributed by atoms with Crippen molar-refractivity contribution in [2.24, 2.45) is 0 Å². The van der Waals surface area contributed by atoms with E-state index in [2.05, 4.69) is 44.4 Å². The van der Waals surface area contributed by atoms with Crippen LogP contribution in [-0.2, 0) is 4.74 Å². The quantitative estimate of drug-likeness (QED) is 0.464. The van der Waals surface area contributed by atoms with E-state index in [9.17, 15) is 5.02 Å². The first-order valence-corrected chi connectivity index (χ1v) is 11.7. The summed E-state index contributed by atoms with van der Waals surface area (Å²) in [6.45, 7) is 14.0. The predicted octanol–water partition coefficient (Wildman–Crippen LogP) is 3.12. The van der Waals surface area contributed by atoms with E-state index in [0.717, 1.165) is 12.4 Å². The first-order valence-electron chi connectivity index (χ1n) is 7.02. The van der Waals surface area contributed by atoms with Crippen molar-refractivity contribution in [2.75, 3.05) is 12.4 Å². The molecule has 0 radical (unpaired) electrons. The molecule has 110 valence electrons. The van der Waals surface area contributed by atoms with Crippen molar-refractivity contribution in [3.05, 3.63) is 12.3 Å². The maximum Gasteiger partial charge on any atom is 0.378 e. The molecule has 0 aromatic rings. The Morgan fingerprint density at radius 1 is 1.47 bits per heavy atom. The second kappa shape index (κ2) is 6.70. The van der Waals surface area contributed by atoms with Crippen LogP contribution in [0, 0.1) is 0 Å². The van der Waals surface area contributed by atoms with Gasteiger partial charge < -0.3 is 9.76 Å². The maximum absolute atomic E-state index is 9.91. The number of nitrogens with zero attached hydrogens (tertiary/aromatic N) is 1. The fourth-order valence-electron chi connectivity index (χ4n) is 2.30. The molecule has 0 aliphatic carbocycles. The van der Waals surface area contributed by atoms with Crippen LogP contribution in [0.2, 0.25) is 32.5 Å². The van der Waals surface area contributed by atoms with Crippen LogP contribution in [0.4, 0.5) is 0 Å². The molecule has 1 rings (SSSR count). The van der Waals surface area contributed by atoms with E-state index in [1.165, 1.54) is 6.04 Å². The lowest BCUT2D eigenvalue weighted by Gasteiger charge is -2.34. The van der Waals surface area contributed by atoms with Crippen LogP contribution >= 0.6 is 11.8 Å². The minimum atomic E-state index is -1.01. The van der Waals surface area contributed by atoms with Crippen molar-refractivity contribution in [1.82, 2.24) is 4.81 Å². The summed E-state index contributed by atoms with van der Waals surface area (Å²) in [6, 6.07) is 1.44. The van der Waals surface area contributed by atoms with Gasteiger partial charge >= 0.3 is 7.05 Å². The Morgan fingerprint density at radius 3 is 2.63 bits per heavy atom. The molecule has 0 saturated carbocycles. The summed E-state index contributed by atoms with van der Waals surface area (Å²) in [7, 11) is -1.44. The van der Waals surface area contributed by atoms with Gasteiger partial charge in [-0.15, -0.1) is 11.8 Å². The van der Waals surface area contributed by atoms with Gasteiger partial charge in [0, 0.05) is 19.9 Å². The molecule has 0 bridgehead atoms. The Bertz CT molecular complexity index is 318. The standard InChI is InChI=1S/C13H28BNO2SSi/c1-13(2)15(14(3)16)12(11-18-13)7-8-17-9-10-19(4,5)6/h7-8,12,16H,9-11H2,1-6H3. The number of rotatable bonds is 6. The molecule has 1 aliphatic rings. The van der Waals surface area contributed by atoms with Crippen molar-refractivity contribution in [3.63, 3.8) is 0 Å². The average Bonchev–Trinajstić information content (AvgIpc) is 2.51. The van der Waals surface area contributed by atoms with Gasteiger partial charge in [-0.2, -0.15) is 0 Å². The smallest absolute Gasteiger partial charge is 0.378 e. The summed E-state index contributed by atoms with van der Waals surface area (Å²) in [4.78, 5) is 2.12. The number of hydrogen-bond donors (Lipinski definition) is 1. The molecular weight excluding hydrogens is 273 g/mol. The highest BCUT2D eigenvalue weighted by molar-refractivity contribution is 8.00. The minimum Gasteiger partial charge on any atom is -0.502 e. The second-order valence-electron chi connectivity index (χ2n) is 6.87. The average molecular weight is 301 g/mol. The Kier molecular flexibility index (Phi) is 6.04. The molecule has 0 amide bonds. The van der Waals surface area contributed by atoms with Crippen LogP contribution in [0.5, 0.6) is 0 Å². The third kappa shape index (κ3) is 5.54. The van der Waals surface area contributed by atoms with Crippen molar-refractivity contribution < 1.29 is 9.76 Å². The van der Waals surface area contributed by atoms with Crippen LogP contribution in [0.1, 0.15) is 13.8 Å². The Hall–Kier alpha value is 0.0918. The van der Waals surface area contributed by atoms with Crippen molar-refractivity contribution in [2.45, 2.75) is 57.3 Å². The van der Waals surface area contributed by atoms with Gasteiger partial charge in [0.05, 0.1) is 17.7 Å². The van der Waals surface area contributed by atoms with Gasteiger partial charge in [-0.1, -0.05) is 19.6 Å². The summed E-state index contributed by atoms with van der Waals surface area (Å²) >= 11 is 1.88. The fraction of sp³-hybridized carbons (Fsp3) is 0.846. The molecule has 1 atom stereocenters. The second-order valence-corrected chi connectivity index (χ2v) is 14.1. The minimum absolute atomic E-state index is 0.0124. The molecule has 6 heteroatoms. The van der Waals surface area contributed by atoms with E-state index >= 15 is 0 Å². The van der Waals surface area contributed by atoms with Crippen LogP contribution < -0.4 is 0 Å². The summed E-state index contributed by atoms with van der Waals surface area (Å²) in [5.41, 5.74) is 0. The van der Waals surface area contributed by atoms with Gasteiger partial charge in [0.15, 0.2) is 0 Å². The number of thioether (sulfide) groups is 1. The highest BCUT2D eigenvalue weighted by Gasteiger charge is 2.42. The summed E-state index contributed by atoms with van der Waals surface area (Å²) in [6.07, 6.45) is 3.90. The molecule has 1 heterocycles. The van der Waals surface area contributed by atoms with Gasteiger partial charge in [-0.25, -0.2) is 0 Å².